The fourth-order valence-corrected chi connectivity index (χ4v) is 3.46. The molecule has 0 spiro atoms. The summed E-state index contributed by atoms with van der Waals surface area (Å²) in [5, 5.41) is 10.9. The molecule has 1 aromatic heterocycles. The molecule has 3 rings (SSSR count). The van der Waals surface area contributed by atoms with Gasteiger partial charge in [-0.3, -0.25) is 9.69 Å². The first-order chi connectivity index (χ1) is 11.3. The van der Waals surface area contributed by atoms with Crippen LogP contribution in [0.3, 0.4) is 0 Å². The van der Waals surface area contributed by atoms with Gasteiger partial charge >= 0.3 is 0 Å². The van der Waals surface area contributed by atoms with E-state index in [0.717, 1.165) is 16.2 Å². The van der Waals surface area contributed by atoms with Gasteiger partial charge in [0.1, 0.15) is 5.75 Å². The van der Waals surface area contributed by atoms with Crippen LogP contribution in [-0.2, 0) is 11.3 Å². The summed E-state index contributed by atoms with van der Waals surface area (Å²) in [6.07, 6.45) is 1.70. The lowest BCUT2D eigenvalue weighted by atomic mass is 10.2. The van der Waals surface area contributed by atoms with Gasteiger partial charge in [-0.25, -0.2) is 0 Å². The number of methoxy groups -OCH3 is 1. The molecule has 0 bridgehead atoms. The van der Waals surface area contributed by atoms with Gasteiger partial charge in [0.05, 0.1) is 25.6 Å². The van der Waals surface area contributed by atoms with E-state index >= 15 is 0 Å². The Bertz CT molecular complexity index is 724. The first-order valence-corrected chi connectivity index (χ1v) is 8.83. The summed E-state index contributed by atoms with van der Waals surface area (Å²) >= 11 is 3.01. The molecular weight excluding hydrogens is 330 g/mol. The third-order valence-corrected chi connectivity index (χ3v) is 4.99. The fraction of sp³-hybridized carbons (Fsp3) is 0.188. The van der Waals surface area contributed by atoms with Crippen LogP contribution in [0, 0.1) is 0 Å². The molecule has 1 fully saturated rings. The van der Waals surface area contributed by atoms with E-state index < -0.39 is 0 Å². The van der Waals surface area contributed by atoms with E-state index in [0.29, 0.717) is 17.5 Å². The summed E-state index contributed by atoms with van der Waals surface area (Å²) in [7, 11) is 1.63. The number of ether oxygens (including phenoxy) is 1. The Labute approximate surface area is 142 Å². The summed E-state index contributed by atoms with van der Waals surface area (Å²) in [5.41, 5.74) is 1.02. The van der Waals surface area contributed by atoms with Gasteiger partial charge in [0.2, 0.25) is 5.91 Å². The first-order valence-electron chi connectivity index (χ1n) is 6.97. The van der Waals surface area contributed by atoms with E-state index in [9.17, 15) is 4.79 Å². The highest BCUT2D eigenvalue weighted by molar-refractivity contribution is 8.15. The highest BCUT2D eigenvalue weighted by Crippen LogP contribution is 2.23. The molecule has 23 heavy (non-hydrogen) atoms. The number of hydrogen-bond acceptors (Lipinski definition) is 6. The van der Waals surface area contributed by atoms with Gasteiger partial charge in [-0.05, 0) is 29.1 Å². The molecule has 0 aliphatic carbocycles. The zero-order valence-electron chi connectivity index (χ0n) is 12.5. The lowest BCUT2D eigenvalue weighted by molar-refractivity contribution is -0.124. The predicted octanol–water partition coefficient (Wildman–Crippen LogP) is 3.22. The van der Waals surface area contributed by atoms with E-state index in [1.54, 1.807) is 29.6 Å². The minimum atomic E-state index is 0.0518. The molecule has 0 radical (unpaired) electrons. The van der Waals surface area contributed by atoms with Gasteiger partial charge in [-0.1, -0.05) is 30.0 Å². The second kappa shape index (κ2) is 7.43. The number of rotatable bonds is 5. The van der Waals surface area contributed by atoms with Gasteiger partial charge in [0, 0.05) is 4.88 Å². The summed E-state index contributed by atoms with van der Waals surface area (Å²) in [6.45, 7) is 0.489. The number of carbonyl (C=O) groups is 1. The van der Waals surface area contributed by atoms with Crippen molar-refractivity contribution in [3.63, 3.8) is 0 Å². The number of carbonyl (C=O) groups excluding carboxylic acids is 1. The van der Waals surface area contributed by atoms with Crippen LogP contribution in [0.1, 0.15) is 10.4 Å². The number of benzene rings is 1. The van der Waals surface area contributed by atoms with Crippen molar-refractivity contribution >= 4 is 40.4 Å². The Hall–Kier alpha value is -2.12. The maximum atomic E-state index is 12.1. The lowest BCUT2D eigenvalue weighted by Gasteiger charge is -2.15. The molecule has 2 aromatic rings. The van der Waals surface area contributed by atoms with Crippen LogP contribution in [0.2, 0.25) is 0 Å². The standard InChI is InChI=1S/C16H15N3O2S2/c1-21-13-6-4-12(5-7-13)10-19-15(20)11-23-16(19)18-17-9-14-3-2-8-22-14/h2-9H,10-11H2,1H3/b17-9+,18-16+. The Kier molecular flexibility index (Phi) is 5.09. The molecule has 2 heterocycles. The number of nitrogens with zero attached hydrogens (tertiary/aromatic N) is 3. The van der Waals surface area contributed by atoms with Crippen molar-refractivity contribution in [3.8, 4) is 5.75 Å². The number of thioether (sulfide) groups is 1. The van der Waals surface area contributed by atoms with Crippen LogP contribution in [0.25, 0.3) is 0 Å². The zero-order valence-corrected chi connectivity index (χ0v) is 14.1. The van der Waals surface area contributed by atoms with E-state index in [2.05, 4.69) is 10.2 Å². The highest BCUT2D eigenvalue weighted by atomic mass is 32.2. The molecular formula is C16H15N3O2S2. The van der Waals surface area contributed by atoms with Crippen molar-refractivity contribution in [2.24, 2.45) is 10.2 Å². The molecule has 118 valence electrons. The quantitative estimate of drug-likeness (QED) is 0.617. The first kappa shape index (κ1) is 15.8. The predicted molar refractivity (Wildman–Crippen MR) is 95.4 cm³/mol. The number of amides is 1. The minimum absolute atomic E-state index is 0.0518. The average Bonchev–Trinajstić information content (AvgIpc) is 3.20. The Morgan fingerprint density at radius 2 is 2.13 bits per heavy atom. The zero-order chi connectivity index (χ0) is 16.1. The molecule has 0 N–H and O–H groups in total. The summed E-state index contributed by atoms with van der Waals surface area (Å²) in [6, 6.07) is 11.6. The van der Waals surface area contributed by atoms with Crippen LogP contribution >= 0.6 is 23.1 Å². The van der Waals surface area contributed by atoms with Crippen molar-refractivity contribution in [1.29, 1.82) is 0 Å². The molecule has 1 aliphatic heterocycles. The van der Waals surface area contributed by atoms with Crippen LogP contribution in [0.5, 0.6) is 5.75 Å². The molecule has 1 amide bonds. The Balaban J connectivity index is 1.71. The van der Waals surface area contributed by atoms with Crippen LogP contribution in [-0.4, -0.2) is 35.1 Å². The van der Waals surface area contributed by atoms with Crippen molar-refractivity contribution in [2.75, 3.05) is 12.9 Å². The highest BCUT2D eigenvalue weighted by Gasteiger charge is 2.28. The molecule has 1 aromatic carbocycles. The molecule has 5 nitrogen and oxygen atoms in total. The van der Waals surface area contributed by atoms with Crippen LogP contribution in [0.15, 0.2) is 52.0 Å². The smallest absolute Gasteiger partial charge is 0.239 e. The van der Waals surface area contributed by atoms with E-state index in [-0.39, 0.29) is 5.91 Å². The van der Waals surface area contributed by atoms with E-state index in [1.165, 1.54) is 11.8 Å². The average molecular weight is 345 g/mol. The summed E-state index contributed by atoms with van der Waals surface area (Å²) in [5.74, 6) is 1.25. The maximum absolute atomic E-state index is 12.1. The molecule has 0 unspecified atom stereocenters. The molecule has 7 heteroatoms. The van der Waals surface area contributed by atoms with E-state index in [1.807, 2.05) is 41.8 Å². The van der Waals surface area contributed by atoms with Crippen molar-refractivity contribution in [3.05, 3.63) is 52.2 Å². The van der Waals surface area contributed by atoms with Crippen LogP contribution in [0.4, 0.5) is 0 Å². The van der Waals surface area contributed by atoms with Crippen molar-refractivity contribution in [1.82, 2.24) is 4.90 Å². The number of thiophene rings is 1. The maximum Gasteiger partial charge on any atom is 0.239 e. The molecule has 1 saturated heterocycles. The minimum Gasteiger partial charge on any atom is -0.497 e. The summed E-state index contributed by atoms with van der Waals surface area (Å²) < 4.78 is 5.14. The van der Waals surface area contributed by atoms with Crippen LogP contribution < -0.4 is 4.74 Å². The van der Waals surface area contributed by atoms with E-state index in [4.69, 9.17) is 4.74 Å². The Morgan fingerprint density at radius 3 is 2.83 bits per heavy atom. The number of amidine groups is 1. The SMILES string of the molecule is COc1ccc(CN2C(=O)CS/C2=N/N=C/c2cccs2)cc1. The van der Waals surface area contributed by atoms with Crippen molar-refractivity contribution in [2.45, 2.75) is 6.54 Å². The molecule has 0 saturated carbocycles. The van der Waals surface area contributed by atoms with Gasteiger partial charge in [0.15, 0.2) is 5.17 Å². The largest absolute Gasteiger partial charge is 0.497 e. The van der Waals surface area contributed by atoms with Gasteiger partial charge in [0.25, 0.3) is 0 Å². The fourth-order valence-electron chi connectivity index (χ4n) is 2.04. The monoisotopic (exact) mass is 345 g/mol. The second-order valence-corrected chi connectivity index (χ2v) is 6.68. The number of hydrogen-bond donors (Lipinski definition) is 0. The third-order valence-electron chi connectivity index (χ3n) is 3.23. The normalized spacial score (nSPS) is 16.7. The Morgan fingerprint density at radius 1 is 1.30 bits per heavy atom. The molecule has 1 aliphatic rings. The second-order valence-electron chi connectivity index (χ2n) is 4.76. The van der Waals surface area contributed by atoms with Gasteiger partial charge in [-0.15, -0.1) is 16.4 Å². The lowest BCUT2D eigenvalue weighted by Crippen LogP contribution is -2.28. The summed E-state index contributed by atoms with van der Waals surface area (Å²) in [4.78, 5) is 14.8. The van der Waals surface area contributed by atoms with Gasteiger partial charge < -0.3 is 4.74 Å². The molecule has 0 atom stereocenters. The van der Waals surface area contributed by atoms with Gasteiger partial charge in [-0.2, -0.15) is 5.10 Å². The topological polar surface area (TPSA) is 54.3 Å². The third kappa shape index (κ3) is 4.00. The van der Waals surface area contributed by atoms with Crippen molar-refractivity contribution < 1.29 is 9.53 Å².